The molecule has 1 amide bonds. The highest BCUT2D eigenvalue weighted by atomic mass is 19.1. The number of rotatable bonds is 4. The number of benzene rings is 2. The number of carbonyl (C=O) groups is 1. The Morgan fingerprint density at radius 3 is 2.70 bits per heavy atom. The van der Waals surface area contributed by atoms with Gasteiger partial charge in [0.25, 0.3) is 5.91 Å². The van der Waals surface area contributed by atoms with Crippen molar-refractivity contribution in [2.45, 2.75) is 19.4 Å². The number of fused-ring (bicyclic) bond motifs is 3. The second-order valence-corrected chi connectivity index (χ2v) is 7.36. The average molecular weight is 361 g/mol. The topological polar surface area (TPSA) is 39.0 Å². The number of aryl methyl sites for hydroxylation is 1. The maximum atomic E-state index is 13.4. The number of aromatic nitrogens is 2. The number of hydrogen-bond acceptors (Lipinski definition) is 1. The van der Waals surface area contributed by atoms with Crippen LogP contribution in [0.2, 0.25) is 0 Å². The van der Waals surface area contributed by atoms with Gasteiger partial charge < -0.3 is 14.5 Å². The minimum atomic E-state index is -0.369. The van der Waals surface area contributed by atoms with E-state index in [0.717, 1.165) is 28.9 Å². The summed E-state index contributed by atoms with van der Waals surface area (Å²) >= 11 is 0. The van der Waals surface area contributed by atoms with E-state index in [9.17, 15) is 9.18 Å². The van der Waals surface area contributed by atoms with Crippen molar-refractivity contribution >= 4 is 33.5 Å². The molecule has 0 bridgehead atoms. The fraction of sp³-hybridized carbons (Fsp3) is 0.227. The zero-order valence-corrected chi connectivity index (χ0v) is 15.1. The summed E-state index contributed by atoms with van der Waals surface area (Å²) in [6.07, 6.45) is 2.54. The Kier molecular flexibility index (Phi) is 3.57. The maximum absolute atomic E-state index is 13.4. The predicted molar refractivity (Wildman–Crippen MR) is 105 cm³/mol. The number of anilines is 1. The highest BCUT2D eigenvalue weighted by Crippen LogP contribution is 2.37. The van der Waals surface area contributed by atoms with E-state index in [1.54, 1.807) is 12.1 Å². The normalized spacial score (nSPS) is 14.1. The summed E-state index contributed by atoms with van der Waals surface area (Å²) in [6.45, 7) is 0.985. The van der Waals surface area contributed by atoms with Crippen LogP contribution in [0.3, 0.4) is 0 Å². The van der Waals surface area contributed by atoms with Crippen molar-refractivity contribution in [1.82, 2.24) is 9.13 Å². The van der Waals surface area contributed by atoms with Crippen LogP contribution in [0.5, 0.6) is 0 Å². The molecule has 0 saturated heterocycles. The van der Waals surface area contributed by atoms with Crippen LogP contribution in [0, 0.1) is 11.7 Å². The average Bonchev–Trinajstić information content (AvgIpc) is 3.33. The molecule has 4 aromatic rings. The van der Waals surface area contributed by atoms with Crippen LogP contribution in [-0.4, -0.2) is 15.0 Å². The van der Waals surface area contributed by atoms with Crippen molar-refractivity contribution in [2.24, 2.45) is 13.0 Å². The summed E-state index contributed by atoms with van der Waals surface area (Å²) in [5.74, 6) is 0.127. The number of hydrogen-bond donors (Lipinski definition) is 1. The monoisotopic (exact) mass is 361 g/mol. The Morgan fingerprint density at radius 2 is 1.93 bits per heavy atom. The lowest BCUT2D eigenvalue weighted by atomic mass is 10.2. The van der Waals surface area contributed by atoms with E-state index >= 15 is 0 Å². The zero-order chi connectivity index (χ0) is 18.5. The van der Waals surface area contributed by atoms with Gasteiger partial charge in [-0.3, -0.25) is 4.79 Å². The van der Waals surface area contributed by atoms with Gasteiger partial charge >= 0.3 is 0 Å². The summed E-state index contributed by atoms with van der Waals surface area (Å²) in [4.78, 5) is 12.8. The molecule has 2 aromatic carbocycles. The quantitative estimate of drug-likeness (QED) is 0.550. The first-order valence-electron chi connectivity index (χ1n) is 9.25. The van der Waals surface area contributed by atoms with Gasteiger partial charge in [-0.1, -0.05) is 24.3 Å². The lowest BCUT2D eigenvalue weighted by Crippen LogP contribution is -2.15. The number of carbonyl (C=O) groups excluding carboxylic acids is 1. The molecule has 0 radical (unpaired) electrons. The molecular weight excluding hydrogens is 341 g/mol. The molecule has 1 aliphatic rings. The summed E-state index contributed by atoms with van der Waals surface area (Å²) in [7, 11) is 1.91. The predicted octanol–water partition coefficient (Wildman–Crippen LogP) is 4.93. The van der Waals surface area contributed by atoms with Gasteiger partial charge in [0.2, 0.25) is 0 Å². The van der Waals surface area contributed by atoms with Gasteiger partial charge in [0, 0.05) is 24.7 Å². The van der Waals surface area contributed by atoms with Crippen LogP contribution >= 0.6 is 0 Å². The molecule has 1 saturated carbocycles. The molecule has 5 rings (SSSR count). The van der Waals surface area contributed by atoms with E-state index in [1.165, 1.54) is 30.5 Å². The van der Waals surface area contributed by atoms with Crippen LogP contribution in [0.25, 0.3) is 21.9 Å². The smallest absolute Gasteiger partial charge is 0.272 e. The lowest BCUT2D eigenvalue weighted by molar-refractivity contribution is 0.102. The van der Waals surface area contributed by atoms with Crippen LogP contribution in [-0.2, 0) is 13.6 Å². The number of para-hydroxylation sites is 1. The summed E-state index contributed by atoms with van der Waals surface area (Å²) in [5.41, 5.74) is 4.38. The van der Waals surface area contributed by atoms with Crippen LogP contribution in [0.15, 0.2) is 54.6 Å². The van der Waals surface area contributed by atoms with E-state index < -0.39 is 0 Å². The van der Waals surface area contributed by atoms with E-state index in [-0.39, 0.29) is 11.7 Å². The Balaban J connectivity index is 1.61. The summed E-state index contributed by atoms with van der Waals surface area (Å²) in [5, 5.41) is 3.96. The van der Waals surface area contributed by atoms with Crippen LogP contribution < -0.4 is 5.32 Å². The third-order valence-electron chi connectivity index (χ3n) is 5.41. The first kappa shape index (κ1) is 16.1. The summed E-state index contributed by atoms with van der Waals surface area (Å²) < 4.78 is 17.7. The third-order valence-corrected chi connectivity index (χ3v) is 5.41. The Hall–Kier alpha value is -3.08. The number of nitrogens with zero attached hydrogens (tertiary/aromatic N) is 2. The van der Waals surface area contributed by atoms with Crippen molar-refractivity contribution < 1.29 is 9.18 Å². The molecule has 0 unspecified atom stereocenters. The standard InChI is InChI=1S/C22H20FN3O/c1-25-20(22(27)24-16-6-4-5-15(23)11-16)12-19-21(25)17-7-2-3-8-18(17)26(19)13-14-9-10-14/h2-8,11-12,14H,9-10,13H2,1H3,(H,24,27). The molecule has 136 valence electrons. The number of amides is 1. The van der Waals surface area contributed by atoms with Gasteiger partial charge in [-0.05, 0) is 49.1 Å². The second kappa shape index (κ2) is 5.98. The molecule has 27 heavy (non-hydrogen) atoms. The molecule has 1 fully saturated rings. The fourth-order valence-corrected chi connectivity index (χ4v) is 3.88. The van der Waals surface area contributed by atoms with Gasteiger partial charge in [-0.15, -0.1) is 0 Å². The zero-order valence-electron chi connectivity index (χ0n) is 15.1. The number of nitrogens with one attached hydrogen (secondary N) is 1. The SMILES string of the molecule is Cn1c(C(=O)Nc2cccc(F)c2)cc2c1c1ccccc1n2CC1CC1. The van der Waals surface area contributed by atoms with Gasteiger partial charge in [0.1, 0.15) is 11.5 Å². The van der Waals surface area contributed by atoms with Crippen molar-refractivity contribution in [3.63, 3.8) is 0 Å². The van der Waals surface area contributed by atoms with Crippen LogP contribution in [0.4, 0.5) is 10.1 Å². The lowest BCUT2D eigenvalue weighted by Gasteiger charge is -2.07. The van der Waals surface area contributed by atoms with Crippen molar-refractivity contribution in [2.75, 3.05) is 5.32 Å². The van der Waals surface area contributed by atoms with Gasteiger partial charge in [-0.2, -0.15) is 0 Å². The molecular formula is C22H20FN3O. The molecule has 0 aliphatic heterocycles. The molecule has 1 aliphatic carbocycles. The second-order valence-electron chi connectivity index (χ2n) is 7.36. The molecule has 5 heteroatoms. The van der Waals surface area contributed by atoms with E-state index in [1.807, 2.05) is 23.7 Å². The summed E-state index contributed by atoms with van der Waals surface area (Å²) in [6, 6.07) is 16.2. The third kappa shape index (κ3) is 2.70. The highest BCUT2D eigenvalue weighted by molar-refractivity contribution is 6.12. The minimum absolute atomic E-state index is 0.235. The molecule has 0 atom stereocenters. The largest absolute Gasteiger partial charge is 0.339 e. The van der Waals surface area contributed by atoms with E-state index in [2.05, 4.69) is 28.1 Å². The Morgan fingerprint density at radius 1 is 1.11 bits per heavy atom. The molecule has 2 heterocycles. The first-order chi connectivity index (χ1) is 13.1. The first-order valence-corrected chi connectivity index (χ1v) is 9.25. The highest BCUT2D eigenvalue weighted by Gasteiger charge is 2.26. The van der Waals surface area contributed by atoms with Crippen LogP contribution in [0.1, 0.15) is 23.3 Å². The van der Waals surface area contributed by atoms with Gasteiger partial charge in [0.15, 0.2) is 0 Å². The van der Waals surface area contributed by atoms with E-state index in [4.69, 9.17) is 0 Å². The van der Waals surface area contributed by atoms with Gasteiger partial charge in [-0.25, -0.2) is 4.39 Å². The number of halogens is 1. The fourth-order valence-electron chi connectivity index (χ4n) is 3.88. The van der Waals surface area contributed by atoms with Gasteiger partial charge in [0.05, 0.1) is 16.6 Å². The van der Waals surface area contributed by atoms with Crippen molar-refractivity contribution in [3.05, 3.63) is 66.1 Å². The molecule has 0 spiro atoms. The molecule has 4 nitrogen and oxygen atoms in total. The Labute approximate surface area is 156 Å². The van der Waals surface area contributed by atoms with E-state index in [0.29, 0.717) is 11.4 Å². The van der Waals surface area contributed by atoms with Crippen molar-refractivity contribution in [1.29, 1.82) is 0 Å². The van der Waals surface area contributed by atoms with Crippen molar-refractivity contribution in [3.8, 4) is 0 Å². The minimum Gasteiger partial charge on any atom is -0.339 e. The molecule has 2 aromatic heterocycles. The Bertz CT molecular complexity index is 1180. The molecule has 1 N–H and O–H groups in total. The maximum Gasteiger partial charge on any atom is 0.272 e.